The van der Waals surface area contributed by atoms with Crippen LogP contribution >= 0.6 is 0 Å². The lowest BCUT2D eigenvalue weighted by Crippen LogP contribution is -2.05. The maximum absolute atomic E-state index is 9.80. The van der Waals surface area contributed by atoms with Crippen molar-refractivity contribution in [2.75, 3.05) is 6.54 Å². The van der Waals surface area contributed by atoms with E-state index in [1.54, 1.807) is 0 Å². The van der Waals surface area contributed by atoms with Gasteiger partial charge in [0, 0.05) is 22.7 Å². The molecule has 0 aliphatic carbocycles. The van der Waals surface area contributed by atoms with Gasteiger partial charge in [0.15, 0.2) is 0 Å². The zero-order valence-electron chi connectivity index (χ0n) is 9.17. The van der Waals surface area contributed by atoms with Crippen molar-refractivity contribution >= 4 is 0 Å². The van der Waals surface area contributed by atoms with Crippen molar-refractivity contribution in [1.82, 2.24) is 9.78 Å². The Hall–Kier alpha value is -1.52. The molecule has 82 valence electrons. The average Bonchev–Trinajstić information content (AvgIpc) is 2.50. The summed E-state index contributed by atoms with van der Waals surface area (Å²) < 4.78 is 1.82. The van der Waals surface area contributed by atoms with Crippen molar-refractivity contribution in [3.63, 3.8) is 0 Å². The van der Waals surface area contributed by atoms with E-state index in [2.05, 4.69) is 15.1 Å². The molecule has 6 nitrogen and oxygen atoms in total. The fraction of sp³-hybridized carbons (Fsp3) is 0.667. The Morgan fingerprint density at radius 2 is 2.27 bits per heavy atom. The molecule has 0 aliphatic rings. The molecule has 0 saturated heterocycles. The first-order valence-electron chi connectivity index (χ1n) is 4.84. The van der Waals surface area contributed by atoms with E-state index in [0.717, 1.165) is 23.5 Å². The molecule has 0 bridgehead atoms. The van der Waals surface area contributed by atoms with Crippen LogP contribution in [0.15, 0.2) is 5.11 Å². The second kappa shape index (κ2) is 4.82. The van der Waals surface area contributed by atoms with Gasteiger partial charge in [0.05, 0.1) is 18.3 Å². The molecule has 1 aromatic heterocycles. The van der Waals surface area contributed by atoms with E-state index < -0.39 is 6.10 Å². The summed E-state index contributed by atoms with van der Waals surface area (Å²) in [5.41, 5.74) is 10.7. The van der Waals surface area contributed by atoms with E-state index in [1.807, 2.05) is 25.5 Å². The monoisotopic (exact) mass is 209 g/mol. The summed E-state index contributed by atoms with van der Waals surface area (Å²) in [6.45, 7) is 6.55. The molecule has 0 spiro atoms. The van der Waals surface area contributed by atoms with Gasteiger partial charge in [-0.2, -0.15) is 5.10 Å². The van der Waals surface area contributed by atoms with Crippen molar-refractivity contribution in [3.8, 4) is 0 Å². The minimum Gasteiger partial charge on any atom is -0.388 e. The minimum atomic E-state index is -0.763. The minimum absolute atomic E-state index is 0.0492. The SMILES string of the molecule is CCn1nc(C)c([C@@H](O)CN=[N+]=[N-])c1C. The van der Waals surface area contributed by atoms with Crippen molar-refractivity contribution < 1.29 is 5.11 Å². The predicted molar refractivity (Wildman–Crippen MR) is 56.3 cm³/mol. The Bertz CT molecular complexity index is 391. The molecule has 1 N–H and O–H groups in total. The normalized spacial score (nSPS) is 12.3. The van der Waals surface area contributed by atoms with Crippen LogP contribution in [-0.4, -0.2) is 21.4 Å². The van der Waals surface area contributed by atoms with Crippen LogP contribution in [0, 0.1) is 13.8 Å². The van der Waals surface area contributed by atoms with Gasteiger partial charge in [-0.3, -0.25) is 4.68 Å². The molecule has 1 rings (SSSR count). The van der Waals surface area contributed by atoms with Crippen LogP contribution in [0.2, 0.25) is 0 Å². The van der Waals surface area contributed by atoms with E-state index in [1.165, 1.54) is 0 Å². The van der Waals surface area contributed by atoms with Gasteiger partial charge in [0.1, 0.15) is 0 Å². The van der Waals surface area contributed by atoms with Crippen LogP contribution in [0.1, 0.15) is 30.0 Å². The summed E-state index contributed by atoms with van der Waals surface area (Å²) in [4.78, 5) is 2.63. The van der Waals surface area contributed by atoms with Crippen molar-refractivity contribution in [3.05, 3.63) is 27.4 Å². The third kappa shape index (κ3) is 2.29. The third-order valence-electron chi connectivity index (χ3n) is 2.39. The molecule has 15 heavy (non-hydrogen) atoms. The van der Waals surface area contributed by atoms with Crippen molar-refractivity contribution in [2.24, 2.45) is 5.11 Å². The molecule has 0 aromatic carbocycles. The number of aliphatic hydroxyl groups excluding tert-OH is 1. The highest BCUT2D eigenvalue weighted by Gasteiger charge is 2.17. The highest BCUT2D eigenvalue weighted by Crippen LogP contribution is 2.21. The van der Waals surface area contributed by atoms with Gasteiger partial charge in [0.2, 0.25) is 0 Å². The van der Waals surface area contributed by atoms with Gasteiger partial charge in [-0.15, -0.1) is 0 Å². The first kappa shape index (κ1) is 11.6. The first-order chi connectivity index (χ1) is 7.11. The zero-order chi connectivity index (χ0) is 11.4. The summed E-state index contributed by atoms with van der Waals surface area (Å²) >= 11 is 0. The van der Waals surface area contributed by atoms with E-state index in [-0.39, 0.29) is 6.54 Å². The third-order valence-corrected chi connectivity index (χ3v) is 2.39. The molecule has 1 atom stereocenters. The maximum Gasteiger partial charge on any atom is 0.0882 e. The fourth-order valence-corrected chi connectivity index (χ4v) is 1.71. The van der Waals surface area contributed by atoms with Crippen LogP contribution in [0.5, 0.6) is 0 Å². The van der Waals surface area contributed by atoms with Crippen LogP contribution in [0.25, 0.3) is 10.4 Å². The van der Waals surface area contributed by atoms with E-state index in [4.69, 9.17) is 5.53 Å². The van der Waals surface area contributed by atoms with Crippen molar-refractivity contribution in [1.29, 1.82) is 0 Å². The molecule has 0 unspecified atom stereocenters. The summed E-state index contributed by atoms with van der Waals surface area (Å²) in [5.74, 6) is 0. The summed E-state index contributed by atoms with van der Waals surface area (Å²) in [7, 11) is 0. The molecule has 6 heteroatoms. The van der Waals surface area contributed by atoms with Crippen molar-refractivity contribution in [2.45, 2.75) is 33.4 Å². The largest absolute Gasteiger partial charge is 0.388 e. The summed E-state index contributed by atoms with van der Waals surface area (Å²) in [5, 5.41) is 17.4. The Kier molecular flexibility index (Phi) is 3.71. The van der Waals surface area contributed by atoms with Gasteiger partial charge in [-0.1, -0.05) is 5.11 Å². The molecule has 0 radical (unpaired) electrons. The Morgan fingerprint density at radius 3 is 2.73 bits per heavy atom. The van der Waals surface area contributed by atoms with E-state index >= 15 is 0 Å². The molecule has 0 fully saturated rings. The first-order valence-corrected chi connectivity index (χ1v) is 4.84. The molecule has 1 aromatic rings. The molecule has 0 amide bonds. The number of hydrogen-bond donors (Lipinski definition) is 1. The van der Waals surface area contributed by atoms with E-state index in [9.17, 15) is 5.11 Å². The average molecular weight is 209 g/mol. The molecule has 0 saturated carbocycles. The van der Waals surface area contributed by atoms with Gasteiger partial charge in [-0.05, 0) is 26.3 Å². The topological polar surface area (TPSA) is 86.8 Å². The Morgan fingerprint density at radius 1 is 1.60 bits per heavy atom. The highest BCUT2D eigenvalue weighted by molar-refractivity contribution is 5.27. The zero-order valence-corrected chi connectivity index (χ0v) is 9.17. The molecular formula is C9H15N5O. The number of aryl methyl sites for hydroxylation is 2. The number of aliphatic hydroxyl groups is 1. The number of rotatable bonds is 4. The van der Waals surface area contributed by atoms with Crippen LogP contribution in [0.3, 0.4) is 0 Å². The molecule has 0 aliphatic heterocycles. The van der Waals surface area contributed by atoms with Gasteiger partial charge >= 0.3 is 0 Å². The number of nitrogens with zero attached hydrogens (tertiary/aromatic N) is 5. The van der Waals surface area contributed by atoms with Crippen LogP contribution in [0.4, 0.5) is 0 Å². The quantitative estimate of drug-likeness (QED) is 0.466. The highest BCUT2D eigenvalue weighted by atomic mass is 16.3. The van der Waals surface area contributed by atoms with Gasteiger partial charge in [0.25, 0.3) is 0 Å². The maximum atomic E-state index is 9.80. The van der Waals surface area contributed by atoms with Gasteiger partial charge in [-0.25, -0.2) is 0 Å². The Balaban J connectivity index is 3.02. The molecule has 1 heterocycles. The second-order valence-electron chi connectivity index (χ2n) is 3.33. The number of hydrogen-bond acceptors (Lipinski definition) is 3. The smallest absolute Gasteiger partial charge is 0.0882 e. The molecular weight excluding hydrogens is 194 g/mol. The standard InChI is InChI=1S/C9H15N5O/c1-4-14-7(3)9(6(2)12-14)8(15)5-11-13-10/h8,15H,4-5H2,1-3H3/t8-/m0/s1. The summed E-state index contributed by atoms with van der Waals surface area (Å²) in [6, 6.07) is 0. The number of aromatic nitrogens is 2. The lowest BCUT2D eigenvalue weighted by molar-refractivity contribution is 0.185. The predicted octanol–water partition coefficient (Wildman–Crippen LogP) is 1.86. The Labute approximate surface area is 88.2 Å². The van der Waals surface area contributed by atoms with Crippen LogP contribution < -0.4 is 0 Å². The number of azide groups is 1. The lowest BCUT2D eigenvalue weighted by atomic mass is 10.1. The lowest BCUT2D eigenvalue weighted by Gasteiger charge is -2.08. The summed E-state index contributed by atoms with van der Waals surface area (Å²) in [6.07, 6.45) is -0.763. The van der Waals surface area contributed by atoms with Crippen LogP contribution in [-0.2, 0) is 6.54 Å². The second-order valence-corrected chi connectivity index (χ2v) is 3.33. The van der Waals surface area contributed by atoms with Gasteiger partial charge < -0.3 is 5.11 Å². The van der Waals surface area contributed by atoms with E-state index in [0.29, 0.717) is 0 Å². The fourth-order valence-electron chi connectivity index (χ4n) is 1.71.